The van der Waals surface area contributed by atoms with Crippen LogP contribution in [0.3, 0.4) is 0 Å². The smallest absolute Gasteiger partial charge is 0.332 e. The number of hydrogen-bond acceptors (Lipinski definition) is 6. The van der Waals surface area contributed by atoms with Crippen molar-refractivity contribution in [3.63, 3.8) is 0 Å². The summed E-state index contributed by atoms with van der Waals surface area (Å²) in [5.41, 5.74) is 0.933. The van der Waals surface area contributed by atoms with Gasteiger partial charge in [0.2, 0.25) is 0 Å². The molecule has 0 spiro atoms. The van der Waals surface area contributed by atoms with Crippen molar-refractivity contribution in [2.24, 2.45) is 13.0 Å². The van der Waals surface area contributed by atoms with Crippen LogP contribution in [0.25, 0.3) is 21.8 Å². The lowest BCUT2D eigenvalue weighted by molar-refractivity contribution is 0.154. The monoisotopic (exact) mass is 517 g/mol. The molecule has 9 heteroatoms. The van der Waals surface area contributed by atoms with Crippen molar-refractivity contribution in [1.82, 2.24) is 28.7 Å². The molecule has 5 rings (SSSR count). The highest BCUT2D eigenvalue weighted by Gasteiger charge is 2.22. The number of anilines is 1. The van der Waals surface area contributed by atoms with Crippen LogP contribution >= 0.6 is 0 Å². The summed E-state index contributed by atoms with van der Waals surface area (Å²) in [6, 6.07) is 14.6. The molecule has 1 fully saturated rings. The Bertz CT molecular complexity index is 1540. The lowest BCUT2D eigenvalue weighted by Crippen LogP contribution is -2.44. The van der Waals surface area contributed by atoms with Crippen LogP contribution < -0.4 is 16.6 Å². The Morgan fingerprint density at radius 2 is 1.71 bits per heavy atom. The molecule has 1 N–H and O–H groups in total. The number of fused-ring (bicyclic) bond motifs is 2. The number of piperazine rings is 1. The van der Waals surface area contributed by atoms with E-state index in [4.69, 9.17) is 5.10 Å². The number of benzene rings is 2. The highest BCUT2D eigenvalue weighted by molar-refractivity contribution is 5.88. The Morgan fingerprint density at radius 3 is 2.47 bits per heavy atom. The summed E-state index contributed by atoms with van der Waals surface area (Å²) in [6.45, 7) is 11.2. The summed E-state index contributed by atoms with van der Waals surface area (Å²) in [7, 11) is 3.72. The van der Waals surface area contributed by atoms with Gasteiger partial charge in [-0.1, -0.05) is 56.3 Å². The van der Waals surface area contributed by atoms with E-state index < -0.39 is 0 Å². The van der Waals surface area contributed by atoms with Gasteiger partial charge in [0.25, 0.3) is 5.56 Å². The molecule has 202 valence electrons. The Morgan fingerprint density at radius 1 is 0.974 bits per heavy atom. The maximum atomic E-state index is 13.4. The fourth-order valence-electron chi connectivity index (χ4n) is 5.36. The van der Waals surface area contributed by atoms with Crippen molar-refractivity contribution in [1.29, 1.82) is 0 Å². The number of rotatable bonds is 9. The van der Waals surface area contributed by atoms with Crippen molar-refractivity contribution in [2.45, 2.75) is 33.4 Å². The third-order valence-corrected chi connectivity index (χ3v) is 7.51. The molecule has 2 aromatic heterocycles. The fraction of sp³-hybridized carbons (Fsp3) is 0.483. The van der Waals surface area contributed by atoms with Gasteiger partial charge >= 0.3 is 5.69 Å². The van der Waals surface area contributed by atoms with Gasteiger partial charge in [-0.25, -0.2) is 9.48 Å². The maximum absolute atomic E-state index is 13.4. The first-order valence-corrected chi connectivity index (χ1v) is 13.6. The molecule has 1 saturated heterocycles. The van der Waals surface area contributed by atoms with E-state index in [9.17, 15) is 9.59 Å². The lowest BCUT2D eigenvalue weighted by Gasteiger charge is -2.32. The summed E-state index contributed by atoms with van der Waals surface area (Å²) in [5, 5.41) is 11.2. The molecule has 9 nitrogen and oxygen atoms in total. The van der Waals surface area contributed by atoms with E-state index in [1.807, 2.05) is 16.8 Å². The molecule has 0 amide bonds. The summed E-state index contributed by atoms with van der Waals surface area (Å²) >= 11 is 0. The van der Waals surface area contributed by atoms with Crippen molar-refractivity contribution in [3.8, 4) is 0 Å². The van der Waals surface area contributed by atoms with Gasteiger partial charge in [-0.15, -0.1) is 0 Å². The van der Waals surface area contributed by atoms with Crippen LogP contribution in [0, 0.1) is 5.92 Å². The summed E-state index contributed by atoms with van der Waals surface area (Å²) in [5.74, 6) is 0.918. The summed E-state index contributed by atoms with van der Waals surface area (Å²) in [4.78, 5) is 31.4. The molecule has 0 aliphatic carbocycles. The normalized spacial score (nSPS) is 15.2. The Kier molecular flexibility index (Phi) is 7.67. The van der Waals surface area contributed by atoms with Gasteiger partial charge in [0, 0.05) is 46.3 Å². The minimum absolute atomic E-state index is 0.233. The van der Waals surface area contributed by atoms with E-state index in [1.165, 1.54) is 4.57 Å². The van der Waals surface area contributed by atoms with Crippen molar-refractivity contribution < 1.29 is 0 Å². The number of nitrogens with one attached hydrogen (secondary N) is 1. The molecular formula is C29H39N7O2. The molecule has 1 aliphatic rings. The van der Waals surface area contributed by atoms with E-state index >= 15 is 0 Å². The second-order valence-electron chi connectivity index (χ2n) is 10.9. The molecule has 38 heavy (non-hydrogen) atoms. The second kappa shape index (κ2) is 11.1. The topological polar surface area (TPSA) is 80.3 Å². The molecule has 0 atom stereocenters. The zero-order valence-corrected chi connectivity index (χ0v) is 23.0. The number of likely N-dealkylation sites (N-methyl/N-ethyl adjacent to an activating group) is 1. The first-order valence-electron chi connectivity index (χ1n) is 13.6. The zero-order chi connectivity index (χ0) is 26.8. The van der Waals surface area contributed by atoms with E-state index in [2.05, 4.69) is 66.3 Å². The third-order valence-electron chi connectivity index (χ3n) is 7.51. The Balaban J connectivity index is 1.52. The van der Waals surface area contributed by atoms with E-state index in [1.54, 1.807) is 11.6 Å². The number of nitrogens with zero attached hydrogens (tertiary/aromatic N) is 6. The van der Waals surface area contributed by atoms with Crippen LogP contribution in [0.1, 0.15) is 25.8 Å². The molecule has 0 radical (unpaired) electrons. The predicted molar refractivity (Wildman–Crippen MR) is 154 cm³/mol. The molecule has 4 aromatic rings. The summed E-state index contributed by atoms with van der Waals surface area (Å²) < 4.78 is 4.74. The molecule has 0 bridgehead atoms. The zero-order valence-electron chi connectivity index (χ0n) is 23.0. The van der Waals surface area contributed by atoms with E-state index in [0.29, 0.717) is 29.9 Å². The maximum Gasteiger partial charge on any atom is 0.332 e. The number of aromatic nitrogens is 4. The van der Waals surface area contributed by atoms with Gasteiger partial charge in [-0.05, 0) is 42.3 Å². The van der Waals surface area contributed by atoms with Crippen LogP contribution in [-0.2, 0) is 20.1 Å². The van der Waals surface area contributed by atoms with Crippen LogP contribution in [0.2, 0.25) is 0 Å². The predicted octanol–water partition coefficient (Wildman–Crippen LogP) is 2.80. The van der Waals surface area contributed by atoms with Gasteiger partial charge in [0.05, 0.1) is 6.54 Å². The minimum Gasteiger partial charge on any atom is -0.369 e. The fourth-order valence-corrected chi connectivity index (χ4v) is 5.36. The first kappa shape index (κ1) is 26.2. The van der Waals surface area contributed by atoms with Gasteiger partial charge in [-0.2, -0.15) is 5.10 Å². The third kappa shape index (κ3) is 5.26. The van der Waals surface area contributed by atoms with Crippen molar-refractivity contribution in [3.05, 3.63) is 68.9 Å². The molecular weight excluding hydrogens is 478 g/mol. The van der Waals surface area contributed by atoms with Crippen LogP contribution in [0.5, 0.6) is 0 Å². The van der Waals surface area contributed by atoms with Crippen LogP contribution in [0.4, 0.5) is 5.82 Å². The van der Waals surface area contributed by atoms with Gasteiger partial charge < -0.3 is 15.1 Å². The van der Waals surface area contributed by atoms with Crippen molar-refractivity contribution in [2.75, 3.05) is 51.6 Å². The quantitative estimate of drug-likeness (QED) is 0.344. The second-order valence-corrected chi connectivity index (χ2v) is 10.9. The molecule has 1 aliphatic heterocycles. The Labute approximate surface area is 223 Å². The highest BCUT2D eigenvalue weighted by atomic mass is 16.2. The summed E-state index contributed by atoms with van der Waals surface area (Å²) in [6.07, 6.45) is 0.955. The molecule has 0 saturated carbocycles. The van der Waals surface area contributed by atoms with Gasteiger partial charge in [0.15, 0.2) is 5.65 Å². The highest BCUT2D eigenvalue weighted by Crippen LogP contribution is 2.24. The SMILES string of the molecule is CC(C)Cn1c(=O)n(C)c(=O)c2c(NCCCN3CCN(C)CC3)n(Cc3cccc4ccccc34)nc21. The standard InChI is InChI=1S/C29H39N7O2/c1-21(2)19-35-27-25(28(37)33(4)29(35)38)26(30-13-8-14-34-17-15-32(3)16-18-34)36(31-27)20-23-11-7-10-22-9-5-6-12-24(22)23/h5-7,9-12,21,30H,8,13-20H2,1-4H3. The molecule has 3 heterocycles. The molecule has 0 unspecified atom stereocenters. The Hall–Kier alpha value is -3.43. The largest absolute Gasteiger partial charge is 0.369 e. The lowest BCUT2D eigenvalue weighted by atomic mass is 10.0. The van der Waals surface area contributed by atoms with Gasteiger partial charge in [0.1, 0.15) is 11.2 Å². The van der Waals surface area contributed by atoms with E-state index in [0.717, 1.165) is 62.0 Å². The average molecular weight is 518 g/mol. The number of hydrogen-bond donors (Lipinski definition) is 1. The molecule has 2 aromatic carbocycles. The first-order chi connectivity index (χ1) is 18.3. The minimum atomic E-state index is -0.326. The van der Waals surface area contributed by atoms with Crippen LogP contribution in [0.15, 0.2) is 52.1 Å². The van der Waals surface area contributed by atoms with Crippen molar-refractivity contribution >= 4 is 27.6 Å². The van der Waals surface area contributed by atoms with Gasteiger partial charge in [-0.3, -0.25) is 13.9 Å². The van der Waals surface area contributed by atoms with E-state index in [-0.39, 0.29) is 17.2 Å². The average Bonchev–Trinajstić information content (AvgIpc) is 3.26. The van der Waals surface area contributed by atoms with Crippen LogP contribution in [-0.4, -0.2) is 75.0 Å².